The summed E-state index contributed by atoms with van der Waals surface area (Å²) in [6.45, 7) is 6.18. The Balaban J connectivity index is 1.64. The third kappa shape index (κ3) is 2.00. The molecule has 0 unspecified atom stereocenters. The van der Waals surface area contributed by atoms with Crippen LogP contribution in [-0.4, -0.2) is 21.7 Å². The van der Waals surface area contributed by atoms with Crippen LogP contribution in [0.25, 0.3) is 0 Å². The van der Waals surface area contributed by atoms with Crippen molar-refractivity contribution in [1.82, 2.24) is 15.2 Å². The molecule has 1 fully saturated rings. The Hall–Kier alpha value is -1.49. The molecule has 0 atom stereocenters. The van der Waals surface area contributed by atoms with E-state index in [1.807, 2.05) is 17.5 Å². The highest BCUT2D eigenvalue weighted by Crippen LogP contribution is 2.43. The number of anilines is 1. The van der Waals surface area contributed by atoms with E-state index in [-0.39, 0.29) is 0 Å². The monoisotopic (exact) mass is 286 g/mol. The zero-order valence-corrected chi connectivity index (χ0v) is 12.7. The van der Waals surface area contributed by atoms with Gasteiger partial charge in [0, 0.05) is 23.8 Å². The van der Waals surface area contributed by atoms with Gasteiger partial charge in [0.05, 0.1) is 23.4 Å². The molecule has 2 aromatic heterocycles. The summed E-state index contributed by atoms with van der Waals surface area (Å²) < 4.78 is 0. The molecule has 0 amide bonds. The maximum atomic E-state index is 4.84. The van der Waals surface area contributed by atoms with Gasteiger partial charge in [-0.25, -0.2) is 4.98 Å². The van der Waals surface area contributed by atoms with Crippen molar-refractivity contribution in [3.8, 4) is 0 Å². The Morgan fingerprint density at radius 1 is 1.30 bits per heavy atom. The highest BCUT2D eigenvalue weighted by Gasteiger charge is 2.30. The van der Waals surface area contributed by atoms with Crippen molar-refractivity contribution in [2.75, 3.05) is 11.4 Å². The summed E-state index contributed by atoms with van der Waals surface area (Å²) in [4.78, 5) is 8.62. The number of aryl methyl sites for hydroxylation is 1. The van der Waals surface area contributed by atoms with E-state index in [1.165, 1.54) is 39.5 Å². The predicted molar refractivity (Wildman–Crippen MR) is 80.3 cm³/mol. The normalized spacial score (nSPS) is 18.2. The average molecular weight is 286 g/mol. The van der Waals surface area contributed by atoms with Gasteiger partial charge in [0.15, 0.2) is 5.82 Å². The van der Waals surface area contributed by atoms with E-state index in [9.17, 15) is 0 Å². The number of nitrogens with zero attached hydrogens (tertiary/aromatic N) is 4. The summed E-state index contributed by atoms with van der Waals surface area (Å²) in [6, 6.07) is 0. The summed E-state index contributed by atoms with van der Waals surface area (Å²) in [6.07, 6.45) is 5.54. The van der Waals surface area contributed by atoms with E-state index in [0.29, 0.717) is 0 Å². The van der Waals surface area contributed by atoms with Crippen LogP contribution in [0.2, 0.25) is 0 Å². The fourth-order valence-electron chi connectivity index (χ4n) is 2.72. The van der Waals surface area contributed by atoms with Gasteiger partial charge in [0.2, 0.25) is 0 Å². The van der Waals surface area contributed by atoms with Gasteiger partial charge in [-0.2, -0.15) is 5.10 Å². The van der Waals surface area contributed by atoms with Crippen LogP contribution < -0.4 is 4.90 Å². The summed E-state index contributed by atoms with van der Waals surface area (Å²) >= 11 is 1.91. The summed E-state index contributed by atoms with van der Waals surface area (Å²) in [7, 11) is 0. The number of hydrogen-bond acceptors (Lipinski definition) is 5. The van der Waals surface area contributed by atoms with Crippen LogP contribution >= 0.6 is 11.3 Å². The van der Waals surface area contributed by atoms with Crippen molar-refractivity contribution in [2.24, 2.45) is 0 Å². The standard InChI is InChI=1S/C15H18N4S/c1-9-7-16-18-14(10(9)2)19-6-5-12-13(8-19)20-15(17-12)11-3-4-11/h7,11H,3-6,8H2,1-2H3. The van der Waals surface area contributed by atoms with Gasteiger partial charge >= 0.3 is 0 Å². The molecular formula is C15H18N4S. The molecule has 3 heterocycles. The first-order valence-corrected chi connectivity index (χ1v) is 8.06. The summed E-state index contributed by atoms with van der Waals surface area (Å²) in [5, 5.41) is 9.83. The number of thiazole rings is 1. The highest BCUT2D eigenvalue weighted by molar-refractivity contribution is 7.11. The van der Waals surface area contributed by atoms with E-state index >= 15 is 0 Å². The lowest BCUT2D eigenvalue weighted by molar-refractivity contribution is 0.705. The molecule has 0 N–H and O–H groups in total. The molecule has 4 rings (SSSR count). The lowest BCUT2D eigenvalue weighted by atomic mass is 10.1. The third-order valence-corrected chi connectivity index (χ3v) is 5.55. The van der Waals surface area contributed by atoms with Gasteiger partial charge in [-0.1, -0.05) is 0 Å². The van der Waals surface area contributed by atoms with Crippen LogP contribution in [0, 0.1) is 13.8 Å². The zero-order valence-electron chi connectivity index (χ0n) is 11.9. The average Bonchev–Trinajstić information content (AvgIpc) is 3.21. The summed E-state index contributed by atoms with van der Waals surface area (Å²) in [5.41, 5.74) is 3.78. The van der Waals surface area contributed by atoms with Crippen LogP contribution in [0.1, 0.15) is 45.5 Å². The minimum Gasteiger partial charge on any atom is -0.349 e. The second-order valence-corrected chi connectivity index (χ2v) is 6.96. The molecule has 0 radical (unpaired) electrons. The lowest BCUT2D eigenvalue weighted by Gasteiger charge is -2.28. The molecule has 2 aromatic rings. The molecule has 20 heavy (non-hydrogen) atoms. The molecule has 0 aromatic carbocycles. The van der Waals surface area contributed by atoms with E-state index in [4.69, 9.17) is 4.98 Å². The number of fused-ring (bicyclic) bond motifs is 1. The fraction of sp³-hybridized carbons (Fsp3) is 0.533. The molecule has 1 aliphatic carbocycles. The van der Waals surface area contributed by atoms with Crippen molar-refractivity contribution >= 4 is 17.2 Å². The molecule has 0 spiro atoms. The van der Waals surface area contributed by atoms with Crippen molar-refractivity contribution in [3.05, 3.63) is 32.9 Å². The van der Waals surface area contributed by atoms with Gasteiger partial charge in [-0.15, -0.1) is 16.4 Å². The topological polar surface area (TPSA) is 41.9 Å². The third-order valence-electron chi connectivity index (χ3n) is 4.30. The van der Waals surface area contributed by atoms with E-state index in [1.54, 1.807) is 0 Å². The fourth-order valence-corrected chi connectivity index (χ4v) is 4.02. The largest absolute Gasteiger partial charge is 0.349 e. The molecule has 4 nitrogen and oxygen atoms in total. The molecule has 2 aliphatic rings. The quantitative estimate of drug-likeness (QED) is 0.851. The first-order chi connectivity index (χ1) is 9.72. The Morgan fingerprint density at radius 3 is 2.95 bits per heavy atom. The molecular weight excluding hydrogens is 268 g/mol. The maximum absolute atomic E-state index is 4.84. The van der Waals surface area contributed by atoms with E-state index in [0.717, 1.165) is 31.2 Å². The van der Waals surface area contributed by atoms with E-state index < -0.39 is 0 Å². The minimum absolute atomic E-state index is 0.763. The van der Waals surface area contributed by atoms with Gasteiger partial charge in [0.1, 0.15) is 0 Å². The predicted octanol–water partition coefficient (Wildman–Crippen LogP) is 2.99. The first kappa shape index (κ1) is 12.3. The first-order valence-electron chi connectivity index (χ1n) is 7.24. The Labute approximate surface area is 122 Å². The van der Waals surface area contributed by atoms with Crippen LogP contribution in [0.5, 0.6) is 0 Å². The van der Waals surface area contributed by atoms with Crippen molar-refractivity contribution in [1.29, 1.82) is 0 Å². The maximum Gasteiger partial charge on any atom is 0.154 e. The van der Waals surface area contributed by atoms with Gasteiger partial charge < -0.3 is 4.90 Å². The molecule has 0 saturated heterocycles. The minimum atomic E-state index is 0.763. The lowest BCUT2D eigenvalue weighted by Crippen LogP contribution is -2.31. The number of aromatic nitrogens is 3. The number of rotatable bonds is 2. The molecule has 104 valence electrons. The Kier molecular flexibility index (Phi) is 2.77. The van der Waals surface area contributed by atoms with Crippen LogP contribution in [-0.2, 0) is 13.0 Å². The Bertz CT molecular complexity index is 660. The highest BCUT2D eigenvalue weighted by atomic mass is 32.1. The van der Waals surface area contributed by atoms with Gasteiger partial charge in [0.25, 0.3) is 0 Å². The molecule has 0 bridgehead atoms. The van der Waals surface area contributed by atoms with E-state index in [2.05, 4.69) is 28.9 Å². The van der Waals surface area contributed by atoms with Crippen LogP contribution in [0.3, 0.4) is 0 Å². The van der Waals surface area contributed by atoms with Crippen molar-refractivity contribution < 1.29 is 0 Å². The second-order valence-electron chi connectivity index (χ2n) is 5.84. The zero-order chi connectivity index (χ0) is 13.7. The number of hydrogen-bond donors (Lipinski definition) is 0. The molecule has 5 heteroatoms. The Morgan fingerprint density at radius 2 is 2.15 bits per heavy atom. The summed E-state index contributed by atoms with van der Waals surface area (Å²) in [5.74, 6) is 1.80. The second kappa shape index (κ2) is 4.52. The van der Waals surface area contributed by atoms with Crippen molar-refractivity contribution in [2.45, 2.75) is 45.6 Å². The molecule has 1 aliphatic heterocycles. The van der Waals surface area contributed by atoms with Crippen LogP contribution in [0.15, 0.2) is 6.20 Å². The van der Waals surface area contributed by atoms with Gasteiger partial charge in [-0.05, 0) is 37.8 Å². The molecule has 1 saturated carbocycles. The van der Waals surface area contributed by atoms with Crippen molar-refractivity contribution in [3.63, 3.8) is 0 Å². The smallest absolute Gasteiger partial charge is 0.154 e. The van der Waals surface area contributed by atoms with Crippen LogP contribution in [0.4, 0.5) is 5.82 Å². The van der Waals surface area contributed by atoms with Gasteiger partial charge in [-0.3, -0.25) is 0 Å². The SMILES string of the molecule is Cc1cnnc(N2CCc3nc(C4CC4)sc3C2)c1C.